The van der Waals surface area contributed by atoms with Crippen molar-refractivity contribution < 1.29 is 23.9 Å². The van der Waals surface area contributed by atoms with Gasteiger partial charge in [-0.15, -0.1) is 0 Å². The fourth-order valence-corrected chi connectivity index (χ4v) is 1.51. The summed E-state index contributed by atoms with van der Waals surface area (Å²) in [6.07, 6.45) is -0.714. The number of carbonyl (C=O) groups excluding carboxylic acids is 1. The van der Waals surface area contributed by atoms with Crippen molar-refractivity contribution in [1.82, 2.24) is 5.48 Å². The van der Waals surface area contributed by atoms with Crippen LogP contribution in [0.5, 0.6) is 0 Å². The molecule has 0 saturated heterocycles. The predicted octanol–water partition coefficient (Wildman–Crippen LogP) is 2.36. The van der Waals surface area contributed by atoms with Gasteiger partial charge in [-0.3, -0.25) is 4.84 Å². The number of rotatable bonds is 5. The maximum atomic E-state index is 13.1. The molecule has 1 atom stereocenters. The maximum Gasteiger partial charge on any atom is 0.431 e. The Bertz CT molecular complexity index is 445. The quantitative estimate of drug-likeness (QED) is 0.815. The van der Waals surface area contributed by atoms with Gasteiger partial charge in [0.25, 0.3) is 0 Å². The molecule has 0 radical (unpaired) electrons. The van der Waals surface area contributed by atoms with Crippen molar-refractivity contribution in [2.75, 3.05) is 13.2 Å². The summed E-state index contributed by atoms with van der Waals surface area (Å²) < 4.78 is 18.1. The first-order valence-electron chi connectivity index (χ1n) is 6.29. The molecule has 5 nitrogen and oxygen atoms in total. The highest BCUT2D eigenvalue weighted by Crippen LogP contribution is 2.16. The summed E-state index contributed by atoms with van der Waals surface area (Å²) in [4.78, 5) is 16.3. The molecule has 0 aromatic heterocycles. The molecular formula is C14H20FNO4. The Kier molecular flexibility index (Phi) is 5.91. The molecule has 1 amide bonds. The molecule has 1 aromatic rings. The van der Waals surface area contributed by atoms with E-state index >= 15 is 0 Å². The number of carbonyl (C=O) groups is 1. The van der Waals surface area contributed by atoms with E-state index in [1.807, 2.05) is 0 Å². The van der Waals surface area contributed by atoms with Crippen LogP contribution in [-0.4, -0.2) is 30.0 Å². The highest BCUT2D eigenvalue weighted by Gasteiger charge is 2.17. The third kappa shape index (κ3) is 5.99. The van der Waals surface area contributed by atoms with Gasteiger partial charge in [-0.2, -0.15) is 5.48 Å². The van der Waals surface area contributed by atoms with Crippen molar-refractivity contribution in [2.24, 2.45) is 0 Å². The van der Waals surface area contributed by atoms with E-state index in [9.17, 15) is 14.3 Å². The van der Waals surface area contributed by atoms with Crippen LogP contribution < -0.4 is 5.48 Å². The van der Waals surface area contributed by atoms with E-state index in [-0.39, 0.29) is 19.0 Å². The smallest absolute Gasteiger partial charge is 0.431 e. The Morgan fingerprint density at radius 3 is 2.70 bits per heavy atom. The molecule has 0 bridgehead atoms. The molecule has 112 valence electrons. The average molecular weight is 285 g/mol. The Labute approximate surface area is 117 Å². The number of halogens is 1. The van der Waals surface area contributed by atoms with Gasteiger partial charge >= 0.3 is 6.09 Å². The fraction of sp³-hybridized carbons (Fsp3) is 0.500. The zero-order chi connectivity index (χ0) is 15.2. The zero-order valence-electron chi connectivity index (χ0n) is 11.9. The highest BCUT2D eigenvalue weighted by atomic mass is 19.1. The van der Waals surface area contributed by atoms with Crippen LogP contribution in [0.2, 0.25) is 0 Å². The summed E-state index contributed by atoms with van der Waals surface area (Å²) in [5.74, 6) is -0.818. The van der Waals surface area contributed by atoms with Crippen molar-refractivity contribution >= 4 is 6.09 Å². The lowest BCUT2D eigenvalue weighted by atomic mass is 10.0. The molecule has 1 aromatic carbocycles. The number of hydroxylamine groups is 1. The number of amides is 1. The third-order valence-corrected chi connectivity index (χ3v) is 2.38. The second-order valence-corrected chi connectivity index (χ2v) is 5.35. The second kappa shape index (κ2) is 7.21. The largest absolute Gasteiger partial charge is 0.442 e. The molecule has 6 heteroatoms. The standard InChI is InChI=1S/C14H20FNO4/c1-14(2,3)20-13(18)16-19-9-11(8-17)10-5-4-6-12(15)7-10/h4-7,11,17H,8-9H2,1-3H3,(H,16,18). The Hall–Kier alpha value is -1.66. The molecule has 1 unspecified atom stereocenters. The molecule has 0 heterocycles. The summed E-state index contributed by atoms with van der Waals surface area (Å²) in [6.45, 7) is 4.99. The zero-order valence-corrected chi connectivity index (χ0v) is 11.9. The van der Waals surface area contributed by atoms with E-state index in [0.717, 1.165) is 0 Å². The number of nitrogens with one attached hydrogen (secondary N) is 1. The van der Waals surface area contributed by atoms with Crippen molar-refractivity contribution in [1.29, 1.82) is 0 Å². The van der Waals surface area contributed by atoms with E-state index in [1.165, 1.54) is 12.1 Å². The van der Waals surface area contributed by atoms with E-state index < -0.39 is 17.6 Å². The van der Waals surface area contributed by atoms with Crippen LogP contribution in [0.4, 0.5) is 9.18 Å². The summed E-state index contributed by atoms with van der Waals surface area (Å²) in [6, 6.07) is 5.87. The molecule has 0 fully saturated rings. The number of ether oxygens (including phenoxy) is 1. The normalized spacial score (nSPS) is 12.8. The first-order valence-corrected chi connectivity index (χ1v) is 6.29. The highest BCUT2D eigenvalue weighted by molar-refractivity contribution is 5.66. The number of aliphatic hydroxyl groups is 1. The second-order valence-electron chi connectivity index (χ2n) is 5.35. The van der Waals surface area contributed by atoms with Gasteiger partial charge in [0.1, 0.15) is 11.4 Å². The summed E-state index contributed by atoms with van der Waals surface area (Å²) in [7, 11) is 0. The van der Waals surface area contributed by atoms with Gasteiger partial charge in [0.2, 0.25) is 0 Å². The lowest BCUT2D eigenvalue weighted by molar-refractivity contribution is -0.0151. The predicted molar refractivity (Wildman–Crippen MR) is 71.5 cm³/mol. The average Bonchev–Trinajstić information content (AvgIpc) is 2.32. The minimum atomic E-state index is -0.714. The first kappa shape index (κ1) is 16.4. The van der Waals surface area contributed by atoms with Gasteiger partial charge in [-0.1, -0.05) is 12.1 Å². The lowest BCUT2D eigenvalue weighted by Gasteiger charge is -2.20. The van der Waals surface area contributed by atoms with E-state index in [4.69, 9.17) is 9.57 Å². The van der Waals surface area contributed by atoms with Crippen LogP contribution >= 0.6 is 0 Å². The SMILES string of the molecule is CC(C)(C)OC(=O)NOCC(CO)c1cccc(F)c1. The molecule has 0 aliphatic rings. The number of hydrogen-bond donors (Lipinski definition) is 2. The number of hydrogen-bond acceptors (Lipinski definition) is 4. The fourth-order valence-electron chi connectivity index (χ4n) is 1.51. The van der Waals surface area contributed by atoms with Crippen LogP contribution in [0.1, 0.15) is 32.3 Å². The molecule has 0 aliphatic heterocycles. The third-order valence-electron chi connectivity index (χ3n) is 2.38. The van der Waals surface area contributed by atoms with E-state index in [0.29, 0.717) is 5.56 Å². The molecule has 20 heavy (non-hydrogen) atoms. The van der Waals surface area contributed by atoms with Crippen molar-refractivity contribution in [3.63, 3.8) is 0 Å². The minimum absolute atomic E-state index is 0.0131. The van der Waals surface area contributed by atoms with Gasteiger partial charge in [0, 0.05) is 5.92 Å². The topological polar surface area (TPSA) is 67.8 Å². The van der Waals surface area contributed by atoms with Crippen LogP contribution in [0.3, 0.4) is 0 Å². The molecule has 0 spiro atoms. The van der Waals surface area contributed by atoms with Crippen LogP contribution in [0, 0.1) is 5.82 Å². The Morgan fingerprint density at radius 1 is 1.45 bits per heavy atom. The van der Waals surface area contributed by atoms with Crippen LogP contribution in [-0.2, 0) is 9.57 Å². The monoisotopic (exact) mass is 285 g/mol. The maximum absolute atomic E-state index is 13.1. The van der Waals surface area contributed by atoms with Gasteiger partial charge in [0.15, 0.2) is 0 Å². The van der Waals surface area contributed by atoms with E-state index in [2.05, 4.69) is 5.48 Å². The molecule has 0 aliphatic carbocycles. The molecule has 0 saturated carbocycles. The Morgan fingerprint density at radius 2 is 2.15 bits per heavy atom. The summed E-state index contributed by atoms with van der Waals surface area (Å²) >= 11 is 0. The Balaban J connectivity index is 2.45. The van der Waals surface area contributed by atoms with Crippen LogP contribution in [0.25, 0.3) is 0 Å². The van der Waals surface area contributed by atoms with Crippen LogP contribution in [0.15, 0.2) is 24.3 Å². The number of aliphatic hydroxyl groups excluding tert-OH is 1. The minimum Gasteiger partial charge on any atom is -0.442 e. The molecular weight excluding hydrogens is 265 g/mol. The van der Waals surface area contributed by atoms with Gasteiger partial charge < -0.3 is 9.84 Å². The number of benzene rings is 1. The summed E-state index contributed by atoms with van der Waals surface area (Å²) in [5, 5.41) is 9.28. The van der Waals surface area contributed by atoms with Gasteiger partial charge in [0.05, 0.1) is 13.2 Å². The molecule has 1 rings (SSSR count). The van der Waals surface area contributed by atoms with Crippen molar-refractivity contribution in [3.8, 4) is 0 Å². The van der Waals surface area contributed by atoms with Gasteiger partial charge in [-0.05, 0) is 38.5 Å². The molecule has 2 N–H and O–H groups in total. The van der Waals surface area contributed by atoms with E-state index in [1.54, 1.807) is 32.9 Å². The van der Waals surface area contributed by atoms with Crippen molar-refractivity contribution in [2.45, 2.75) is 32.3 Å². The lowest BCUT2D eigenvalue weighted by Crippen LogP contribution is -2.33. The summed E-state index contributed by atoms with van der Waals surface area (Å²) in [5.41, 5.74) is 2.10. The first-order chi connectivity index (χ1) is 9.31. The van der Waals surface area contributed by atoms with Gasteiger partial charge in [-0.25, -0.2) is 9.18 Å². The van der Waals surface area contributed by atoms with Crippen molar-refractivity contribution in [3.05, 3.63) is 35.6 Å².